The summed E-state index contributed by atoms with van der Waals surface area (Å²) in [5, 5.41) is 10.1. The van der Waals surface area contributed by atoms with Crippen molar-refractivity contribution in [3.63, 3.8) is 0 Å². The zero-order valence-corrected chi connectivity index (χ0v) is 18.4. The number of anilines is 2. The van der Waals surface area contributed by atoms with Crippen LogP contribution in [-0.2, 0) is 4.74 Å². The molecule has 0 bridgehead atoms. The van der Waals surface area contributed by atoms with Gasteiger partial charge in [0, 0.05) is 18.0 Å². The van der Waals surface area contributed by atoms with Crippen LogP contribution >= 0.6 is 0 Å². The molecule has 2 N–H and O–H groups in total. The summed E-state index contributed by atoms with van der Waals surface area (Å²) in [6.07, 6.45) is 1.57. The first-order chi connectivity index (χ1) is 16.1. The number of amides is 2. The number of carbonyl (C=O) groups excluding carboxylic acids is 1. The Morgan fingerprint density at radius 1 is 1.03 bits per heavy atom. The highest BCUT2D eigenvalue weighted by Gasteiger charge is 2.17. The third-order valence-corrected chi connectivity index (χ3v) is 4.76. The molecule has 170 valence electrons. The van der Waals surface area contributed by atoms with Gasteiger partial charge in [-0.05, 0) is 61.9 Å². The van der Waals surface area contributed by atoms with Gasteiger partial charge in [-0.1, -0.05) is 18.2 Å². The van der Waals surface area contributed by atoms with Crippen molar-refractivity contribution < 1.29 is 18.7 Å². The summed E-state index contributed by atoms with van der Waals surface area (Å²) in [6, 6.07) is 18.3. The number of hydrogen-bond donors (Lipinski definition) is 2. The molecule has 0 saturated heterocycles. The number of para-hydroxylation sites is 1. The minimum Gasteiger partial charge on any atom is -0.461 e. The van der Waals surface area contributed by atoms with E-state index in [2.05, 4.69) is 20.7 Å². The van der Waals surface area contributed by atoms with E-state index in [-0.39, 0.29) is 12.0 Å². The average Bonchev–Trinajstić information content (AvgIpc) is 3.49. The van der Waals surface area contributed by atoms with Gasteiger partial charge >= 0.3 is 12.0 Å². The second-order valence-corrected chi connectivity index (χ2v) is 7.09. The summed E-state index contributed by atoms with van der Waals surface area (Å²) in [5.74, 6) is 1.06. The molecule has 0 radical (unpaired) electrons. The van der Waals surface area contributed by atoms with Crippen LogP contribution in [0.15, 0.2) is 71.3 Å². The fourth-order valence-electron chi connectivity index (χ4n) is 3.12. The lowest BCUT2D eigenvalue weighted by Gasteiger charge is -2.10. The van der Waals surface area contributed by atoms with E-state index >= 15 is 0 Å². The van der Waals surface area contributed by atoms with Gasteiger partial charge in [0.2, 0.25) is 5.82 Å². The molecule has 9 nitrogen and oxygen atoms in total. The maximum Gasteiger partial charge on any atom is 0.336 e. The highest BCUT2D eigenvalue weighted by molar-refractivity contribution is 6.00. The summed E-state index contributed by atoms with van der Waals surface area (Å²) in [6.45, 7) is 5.27. The van der Waals surface area contributed by atoms with E-state index in [1.54, 1.807) is 35.2 Å². The maximum atomic E-state index is 12.4. The highest BCUT2D eigenvalue weighted by Crippen LogP contribution is 2.25. The van der Waals surface area contributed by atoms with Gasteiger partial charge in [0.05, 0.1) is 18.6 Å². The SMILES string of the molecule is CCOCCOc1nc(-c2ccco2)n(-c2ccc(NC(=O)Nc3ccccc3C)cc2)n1. The Labute approximate surface area is 191 Å². The normalized spacial score (nSPS) is 10.7. The predicted molar refractivity (Wildman–Crippen MR) is 125 cm³/mol. The Kier molecular flexibility index (Phi) is 7.01. The topological polar surface area (TPSA) is 103 Å². The summed E-state index contributed by atoms with van der Waals surface area (Å²) >= 11 is 0. The number of aryl methyl sites for hydroxylation is 1. The Balaban J connectivity index is 1.49. The van der Waals surface area contributed by atoms with Gasteiger partial charge in [0.1, 0.15) is 6.61 Å². The molecule has 0 atom stereocenters. The molecule has 0 spiro atoms. The van der Waals surface area contributed by atoms with Crippen molar-refractivity contribution in [3.8, 4) is 23.3 Å². The van der Waals surface area contributed by atoms with Crippen molar-refractivity contribution in [1.82, 2.24) is 14.8 Å². The minimum absolute atomic E-state index is 0.223. The van der Waals surface area contributed by atoms with Crippen molar-refractivity contribution in [2.24, 2.45) is 0 Å². The van der Waals surface area contributed by atoms with Gasteiger partial charge in [0.25, 0.3) is 0 Å². The first kappa shape index (κ1) is 22.1. The number of urea groups is 1. The summed E-state index contributed by atoms with van der Waals surface area (Å²) in [5.41, 5.74) is 3.12. The van der Waals surface area contributed by atoms with Crippen molar-refractivity contribution in [2.45, 2.75) is 13.8 Å². The molecule has 2 heterocycles. The van der Waals surface area contributed by atoms with Gasteiger partial charge in [-0.2, -0.15) is 4.98 Å². The molecule has 0 saturated carbocycles. The smallest absolute Gasteiger partial charge is 0.336 e. The molecule has 9 heteroatoms. The molecule has 0 aliphatic rings. The van der Waals surface area contributed by atoms with Gasteiger partial charge in [-0.3, -0.25) is 0 Å². The number of rotatable bonds is 9. The number of nitrogens with one attached hydrogen (secondary N) is 2. The molecule has 2 aromatic heterocycles. The number of benzene rings is 2. The average molecular weight is 447 g/mol. The zero-order valence-electron chi connectivity index (χ0n) is 18.4. The fourth-order valence-corrected chi connectivity index (χ4v) is 3.12. The van der Waals surface area contributed by atoms with Crippen LogP contribution in [0.3, 0.4) is 0 Å². The number of aromatic nitrogens is 3. The Morgan fingerprint density at radius 3 is 2.58 bits per heavy atom. The van der Waals surface area contributed by atoms with Gasteiger partial charge in [0.15, 0.2) is 5.76 Å². The van der Waals surface area contributed by atoms with Crippen molar-refractivity contribution in [3.05, 3.63) is 72.5 Å². The first-order valence-corrected chi connectivity index (χ1v) is 10.6. The number of carbonyl (C=O) groups is 1. The number of hydrogen-bond acceptors (Lipinski definition) is 6. The maximum absolute atomic E-state index is 12.4. The third-order valence-electron chi connectivity index (χ3n) is 4.76. The molecular weight excluding hydrogens is 422 g/mol. The zero-order chi connectivity index (χ0) is 23.0. The van der Waals surface area contributed by atoms with E-state index in [1.807, 2.05) is 50.2 Å². The molecule has 0 aliphatic heterocycles. The van der Waals surface area contributed by atoms with Crippen molar-refractivity contribution in [1.29, 1.82) is 0 Å². The van der Waals surface area contributed by atoms with Crippen LogP contribution in [0.5, 0.6) is 6.01 Å². The quantitative estimate of drug-likeness (QED) is 0.354. The molecule has 0 unspecified atom stereocenters. The Morgan fingerprint density at radius 2 is 1.85 bits per heavy atom. The number of ether oxygens (including phenoxy) is 2. The Bertz CT molecular complexity index is 1190. The lowest BCUT2D eigenvalue weighted by atomic mass is 10.2. The van der Waals surface area contributed by atoms with E-state index < -0.39 is 0 Å². The summed E-state index contributed by atoms with van der Waals surface area (Å²) in [7, 11) is 0. The Hall–Kier alpha value is -4.11. The number of nitrogens with zero attached hydrogens (tertiary/aromatic N) is 3. The van der Waals surface area contributed by atoms with Gasteiger partial charge in [-0.25, -0.2) is 9.48 Å². The lowest BCUT2D eigenvalue weighted by Crippen LogP contribution is -2.19. The van der Waals surface area contributed by atoms with Gasteiger partial charge in [-0.15, -0.1) is 5.10 Å². The van der Waals surface area contributed by atoms with E-state index in [0.717, 1.165) is 16.9 Å². The first-order valence-electron chi connectivity index (χ1n) is 10.6. The molecule has 4 rings (SSSR count). The van der Waals surface area contributed by atoms with E-state index in [9.17, 15) is 4.79 Å². The van der Waals surface area contributed by atoms with Crippen LogP contribution in [0.1, 0.15) is 12.5 Å². The molecular formula is C24H25N5O4. The monoisotopic (exact) mass is 447 g/mol. The summed E-state index contributed by atoms with van der Waals surface area (Å²) in [4.78, 5) is 16.8. The third kappa shape index (κ3) is 5.58. The molecule has 33 heavy (non-hydrogen) atoms. The fraction of sp³-hybridized carbons (Fsp3) is 0.208. The predicted octanol–water partition coefficient (Wildman–Crippen LogP) is 4.90. The van der Waals surface area contributed by atoms with Crippen molar-refractivity contribution in [2.75, 3.05) is 30.5 Å². The van der Waals surface area contributed by atoms with E-state index in [4.69, 9.17) is 13.9 Å². The second kappa shape index (κ2) is 10.5. The van der Waals surface area contributed by atoms with Crippen molar-refractivity contribution >= 4 is 17.4 Å². The van der Waals surface area contributed by atoms with Crippen LogP contribution in [0, 0.1) is 6.92 Å². The van der Waals surface area contributed by atoms with Crippen LogP contribution in [-0.4, -0.2) is 40.6 Å². The largest absolute Gasteiger partial charge is 0.461 e. The van der Waals surface area contributed by atoms with Crippen LogP contribution < -0.4 is 15.4 Å². The number of furan rings is 1. The standard InChI is InChI=1S/C24H25N5O4/c1-3-31-15-16-33-24-27-22(21-9-6-14-32-21)29(28-24)19-12-10-18(11-13-19)25-23(30)26-20-8-5-4-7-17(20)2/h4-14H,3,15-16H2,1-2H3,(H2,25,26,30). The minimum atomic E-state index is -0.320. The van der Waals surface area contributed by atoms with Gasteiger partial charge < -0.3 is 24.5 Å². The van der Waals surface area contributed by atoms with Crippen LogP contribution in [0.25, 0.3) is 17.3 Å². The molecule has 4 aromatic rings. The summed E-state index contributed by atoms with van der Waals surface area (Å²) < 4.78 is 18.1. The molecule has 0 aliphatic carbocycles. The van der Waals surface area contributed by atoms with Crippen LogP contribution in [0.2, 0.25) is 0 Å². The molecule has 0 fully saturated rings. The second-order valence-electron chi connectivity index (χ2n) is 7.09. The lowest BCUT2D eigenvalue weighted by molar-refractivity contribution is 0.106. The van der Waals surface area contributed by atoms with Crippen LogP contribution in [0.4, 0.5) is 16.2 Å². The highest BCUT2D eigenvalue weighted by atomic mass is 16.5. The molecule has 2 aromatic carbocycles. The molecule has 2 amide bonds. The van der Waals surface area contributed by atoms with E-state index in [0.29, 0.717) is 37.1 Å². The van der Waals surface area contributed by atoms with E-state index in [1.165, 1.54) is 0 Å².